The molecule has 2 aromatic rings. The maximum Gasteiger partial charge on any atom is 0.349 e. The van der Waals surface area contributed by atoms with Crippen LogP contribution in [0.2, 0.25) is 0 Å². The standard InChI is InChI=1S/C30H37NO5/c1-2-3-4-5-6-7-8-9-10-11-14-21-35-29(33)23-17-19-24(20-18-23)31-22-26-28(32)25-15-12-13-16-27(25)36-30(26)34/h12-13,15-20,22,31H,2-11,14,21H2,1H3. The van der Waals surface area contributed by atoms with Crippen LogP contribution in [0.4, 0.5) is 5.69 Å². The molecule has 0 aromatic heterocycles. The highest BCUT2D eigenvalue weighted by atomic mass is 16.5. The molecule has 6 heteroatoms. The minimum atomic E-state index is -0.700. The summed E-state index contributed by atoms with van der Waals surface area (Å²) in [7, 11) is 0. The summed E-state index contributed by atoms with van der Waals surface area (Å²) < 4.78 is 10.6. The Labute approximate surface area is 214 Å². The van der Waals surface area contributed by atoms with Gasteiger partial charge in [-0.25, -0.2) is 9.59 Å². The number of anilines is 1. The van der Waals surface area contributed by atoms with E-state index in [4.69, 9.17) is 9.47 Å². The minimum Gasteiger partial charge on any atom is -0.462 e. The first kappa shape index (κ1) is 27.2. The van der Waals surface area contributed by atoms with Gasteiger partial charge in [0.15, 0.2) is 0 Å². The highest BCUT2D eigenvalue weighted by Crippen LogP contribution is 2.27. The van der Waals surface area contributed by atoms with Crippen LogP contribution in [0.25, 0.3) is 0 Å². The molecule has 0 radical (unpaired) electrons. The second-order valence-electron chi connectivity index (χ2n) is 9.17. The van der Waals surface area contributed by atoms with Gasteiger partial charge in [-0.1, -0.05) is 83.3 Å². The predicted octanol–water partition coefficient (Wildman–Crippen LogP) is 7.25. The van der Waals surface area contributed by atoms with Gasteiger partial charge in [0.05, 0.1) is 17.7 Å². The number of unbranched alkanes of at least 4 members (excludes halogenated alkanes) is 10. The molecule has 0 atom stereocenters. The van der Waals surface area contributed by atoms with E-state index in [1.807, 2.05) is 0 Å². The first-order chi connectivity index (χ1) is 17.6. The van der Waals surface area contributed by atoms with E-state index in [0.717, 1.165) is 12.8 Å². The van der Waals surface area contributed by atoms with E-state index < -0.39 is 11.8 Å². The summed E-state index contributed by atoms with van der Waals surface area (Å²) in [6.45, 7) is 2.67. The fourth-order valence-corrected chi connectivity index (χ4v) is 4.13. The number of Topliss-reactive ketones (excluding diaryl/α,β-unsaturated/α-hetero) is 1. The molecule has 0 saturated carbocycles. The highest BCUT2D eigenvalue weighted by molar-refractivity contribution is 6.27. The van der Waals surface area contributed by atoms with Crippen LogP contribution in [0.15, 0.2) is 60.3 Å². The van der Waals surface area contributed by atoms with E-state index >= 15 is 0 Å². The van der Waals surface area contributed by atoms with Crippen molar-refractivity contribution in [1.82, 2.24) is 0 Å². The largest absolute Gasteiger partial charge is 0.462 e. The van der Waals surface area contributed by atoms with Gasteiger partial charge >= 0.3 is 11.9 Å². The van der Waals surface area contributed by atoms with Crippen LogP contribution in [0.1, 0.15) is 98.3 Å². The third-order valence-electron chi connectivity index (χ3n) is 6.28. The van der Waals surface area contributed by atoms with Crippen LogP contribution in [-0.4, -0.2) is 24.3 Å². The highest BCUT2D eigenvalue weighted by Gasteiger charge is 2.30. The van der Waals surface area contributed by atoms with E-state index in [9.17, 15) is 14.4 Å². The second kappa shape index (κ2) is 14.9. The predicted molar refractivity (Wildman–Crippen MR) is 141 cm³/mol. The Morgan fingerprint density at radius 1 is 0.833 bits per heavy atom. The Hall–Kier alpha value is -3.41. The summed E-state index contributed by atoms with van der Waals surface area (Å²) in [5.74, 6) is -1.18. The first-order valence-corrected chi connectivity index (χ1v) is 13.2. The van der Waals surface area contributed by atoms with E-state index in [1.165, 1.54) is 64.0 Å². The molecule has 0 amide bonds. The van der Waals surface area contributed by atoms with Crippen molar-refractivity contribution in [3.63, 3.8) is 0 Å². The zero-order valence-corrected chi connectivity index (χ0v) is 21.2. The lowest BCUT2D eigenvalue weighted by Crippen LogP contribution is -2.25. The molecular weight excluding hydrogens is 454 g/mol. The smallest absolute Gasteiger partial charge is 0.349 e. The van der Waals surface area contributed by atoms with Gasteiger partial charge in [0, 0.05) is 11.9 Å². The van der Waals surface area contributed by atoms with Crippen molar-refractivity contribution in [3.8, 4) is 5.75 Å². The van der Waals surface area contributed by atoms with Crippen molar-refractivity contribution >= 4 is 23.4 Å². The Balaban J connectivity index is 1.33. The molecule has 6 nitrogen and oxygen atoms in total. The number of hydrogen-bond donors (Lipinski definition) is 1. The number of carbonyl (C=O) groups is 3. The zero-order chi connectivity index (χ0) is 25.6. The van der Waals surface area contributed by atoms with Crippen LogP contribution in [0, 0.1) is 0 Å². The van der Waals surface area contributed by atoms with E-state index in [1.54, 1.807) is 48.5 Å². The maximum absolute atomic E-state index is 12.6. The third kappa shape index (κ3) is 8.36. The van der Waals surface area contributed by atoms with Gasteiger partial charge in [0.1, 0.15) is 11.3 Å². The van der Waals surface area contributed by atoms with Crippen LogP contribution in [0.3, 0.4) is 0 Å². The Morgan fingerprint density at radius 3 is 2.11 bits per heavy atom. The average molecular weight is 492 g/mol. The number of ether oxygens (including phenoxy) is 2. The molecule has 1 aliphatic heterocycles. The van der Waals surface area contributed by atoms with E-state index in [0.29, 0.717) is 23.4 Å². The number of para-hydroxylation sites is 1. The van der Waals surface area contributed by atoms with Gasteiger partial charge in [0.2, 0.25) is 5.78 Å². The number of esters is 2. The molecule has 192 valence electrons. The van der Waals surface area contributed by atoms with Gasteiger partial charge in [-0.3, -0.25) is 4.79 Å². The van der Waals surface area contributed by atoms with Gasteiger partial charge in [-0.15, -0.1) is 0 Å². The number of benzene rings is 2. The minimum absolute atomic E-state index is 0.0795. The van der Waals surface area contributed by atoms with Crippen molar-refractivity contribution < 1.29 is 23.9 Å². The van der Waals surface area contributed by atoms with Gasteiger partial charge in [-0.05, 0) is 42.8 Å². The number of carbonyl (C=O) groups excluding carboxylic acids is 3. The summed E-state index contributed by atoms with van der Waals surface area (Å²) in [5.41, 5.74) is 1.35. The Bertz CT molecular complexity index is 1040. The Morgan fingerprint density at radius 2 is 1.44 bits per heavy atom. The van der Waals surface area contributed by atoms with Gasteiger partial charge in [0.25, 0.3) is 0 Å². The van der Waals surface area contributed by atoms with Crippen LogP contribution >= 0.6 is 0 Å². The van der Waals surface area contributed by atoms with Crippen molar-refractivity contribution in [2.75, 3.05) is 11.9 Å². The number of ketones is 1. The van der Waals surface area contributed by atoms with Crippen molar-refractivity contribution in [2.24, 2.45) is 0 Å². The average Bonchev–Trinajstić information content (AvgIpc) is 2.89. The molecule has 1 heterocycles. The molecule has 0 fully saturated rings. The molecule has 0 bridgehead atoms. The SMILES string of the molecule is CCCCCCCCCCCCCOC(=O)c1ccc(NC=C2C(=O)Oc3ccccc3C2=O)cc1. The van der Waals surface area contributed by atoms with Crippen molar-refractivity contribution in [3.05, 3.63) is 71.4 Å². The van der Waals surface area contributed by atoms with Gasteiger partial charge in [-0.2, -0.15) is 0 Å². The molecule has 2 aromatic carbocycles. The summed E-state index contributed by atoms with van der Waals surface area (Å²) in [4.78, 5) is 37.0. The molecule has 1 aliphatic rings. The first-order valence-electron chi connectivity index (χ1n) is 13.2. The van der Waals surface area contributed by atoms with Crippen molar-refractivity contribution in [2.45, 2.75) is 77.6 Å². The molecule has 0 unspecified atom stereocenters. The van der Waals surface area contributed by atoms with Crippen LogP contribution in [-0.2, 0) is 9.53 Å². The lowest BCUT2D eigenvalue weighted by Gasteiger charge is -2.16. The summed E-state index contributed by atoms with van der Waals surface area (Å²) in [5, 5.41) is 2.93. The third-order valence-corrected chi connectivity index (χ3v) is 6.28. The monoisotopic (exact) mass is 491 g/mol. The normalized spacial score (nSPS) is 13.9. The molecular formula is C30H37NO5. The number of rotatable bonds is 15. The fourth-order valence-electron chi connectivity index (χ4n) is 4.13. The number of fused-ring (bicyclic) bond motifs is 1. The van der Waals surface area contributed by atoms with Crippen molar-refractivity contribution in [1.29, 1.82) is 0 Å². The lowest BCUT2D eigenvalue weighted by molar-refractivity contribution is -0.130. The van der Waals surface area contributed by atoms with Gasteiger partial charge < -0.3 is 14.8 Å². The summed E-state index contributed by atoms with van der Waals surface area (Å²) in [6, 6.07) is 13.3. The van der Waals surface area contributed by atoms with Crippen LogP contribution in [0.5, 0.6) is 5.75 Å². The molecule has 1 N–H and O–H groups in total. The second-order valence-corrected chi connectivity index (χ2v) is 9.17. The molecule has 0 aliphatic carbocycles. The Kier molecular flexibility index (Phi) is 11.2. The summed E-state index contributed by atoms with van der Waals surface area (Å²) >= 11 is 0. The quantitative estimate of drug-likeness (QED) is 0.0929. The number of nitrogens with one attached hydrogen (secondary N) is 1. The molecule has 0 spiro atoms. The fraction of sp³-hybridized carbons (Fsp3) is 0.433. The number of hydrogen-bond acceptors (Lipinski definition) is 6. The molecule has 36 heavy (non-hydrogen) atoms. The lowest BCUT2D eigenvalue weighted by atomic mass is 10.0. The topological polar surface area (TPSA) is 81.7 Å². The molecule has 0 saturated heterocycles. The van der Waals surface area contributed by atoms with Crippen LogP contribution < -0.4 is 10.1 Å². The van der Waals surface area contributed by atoms with E-state index in [-0.39, 0.29) is 17.3 Å². The summed E-state index contributed by atoms with van der Waals surface area (Å²) in [6.07, 6.45) is 15.1. The zero-order valence-electron chi connectivity index (χ0n) is 21.2. The molecule has 3 rings (SSSR count). The van der Waals surface area contributed by atoms with E-state index in [2.05, 4.69) is 12.2 Å². The maximum atomic E-state index is 12.6.